The molecule has 0 saturated carbocycles. The number of hydrogen-bond donors (Lipinski definition) is 2. The van der Waals surface area contributed by atoms with Gasteiger partial charge in [-0.1, -0.05) is 29.8 Å². The molecule has 0 unspecified atom stereocenters. The summed E-state index contributed by atoms with van der Waals surface area (Å²) in [7, 11) is -3.78. The van der Waals surface area contributed by atoms with Crippen molar-refractivity contribution < 1.29 is 22.7 Å². The van der Waals surface area contributed by atoms with Crippen molar-refractivity contribution in [3.8, 4) is 11.8 Å². The van der Waals surface area contributed by atoms with E-state index in [2.05, 4.69) is 10.9 Å². The lowest BCUT2D eigenvalue weighted by molar-refractivity contribution is -0.129. The zero-order valence-electron chi connectivity index (χ0n) is 15.3. The van der Waals surface area contributed by atoms with Gasteiger partial charge in [-0.05, 0) is 30.3 Å². The van der Waals surface area contributed by atoms with Crippen LogP contribution in [0.3, 0.4) is 0 Å². The van der Waals surface area contributed by atoms with E-state index in [0.29, 0.717) is 5.02 Å². The number of anilines is 1. The molecule has 0 aliphatic carbocycles. The van der Waals surface area contributed by atoms with Gasteiger partial charge in [0.25, 0.3) is 11.8 Å². The average molecular weight is 437 g/mol. The van der Waals surface area contributed by atoms with Gasteiger partial charge in [0.05, 0.1) is 17.5 Å². The summed E-state index contributed by atoms with van der Waals surface area (Å²) in [5.74, 6) is -1.25. The molecule has 2 N–H and O–H groups in total. The average Bonchev–Trinajstić information content (AvgIpc) is 2.68. The van der Waals surface area contributed by atoms with Crippen LogP contribution in [0.4, 0.5) is 5.69 Å². The molecule has 9 nitrogen and oxygen atoms in total. The maximum atomic E-state index is 12.1. The molecule has 29 heavy (non-hydrogen) atoms. The maximum absolute atomic E-state index is 12.1. The molecule has 0 saturated heterocycles. The number of rotatable bonds is 7. The summed E-state index contributed by atoms with van der Waals surface area (Å²) in [5.41, 5.74) is 4.69. The summed E-state index contributed by atoms with van der Waals surface area (Å²) in [5, 5.41) is 9.28. The maximum Gasteiger partial charge on any atom is 0.276 e. The Morgan fingerprint density at radius 3 is 2.48 bits per heavy atom. The van der Waals surface area contributed by atoms with Crippen molar-refractivity contribution in [1.29, 1.82) is 5.26 Å². The standard InChI is InChI=1S/C18H17ClN4O5S/c1-29(26,27)23(15-7-4-6-14(19)9-15)11-17(24)21-22-18(25)12-28-16-8-3-2-5-13(16)10-20/h2-9H,11-12H2,1H3,(H,21,24)(H,22,25). The topological polar surface area (TPSA) is 129 Å². The number of amides is 2. The highest BCUT2D eigenvalue weighted by atomic mass is 35.5. The molecule has 11 heteroatoms. The van der Waals surface area contributed by atoms with Gasteiger partial charge in [-0.2, -0.15) is 5.26 Å². The lowest BCUT2D eigenvalue weighted by Crippen LogP contribution is -2.48. The Labute approximate surface area is 172 Å². The van der Waals surface area contributed by atoms with Crippen LogP contribution in [0.1, 0.15) is 5.56 Å². The van der Waals surface area contributed by atoms with Gasteiger partial charge in [0, 0.05) is 5.02 Å². The van der Waals surface area contributed by atoms with E-state index in [4.69, 9.17) is 21.6 Å². The van der Waals surface area contributed by atoms with Crippen molar-refractivity contribution in [2.45, 2.75) is 0 Å². The van der Waals surface area contributed by atoms with Crippen molar-refractivity contribution >= 4 is 39.1 Å². The molecule has 2 aromatic rings. The van der Waals surface area contributed by atoms with Crippen LogP contribution in [0.15, 0.2) is 48.5 Å². The third-order valence-electron chi connectivity index (χ3n) is 3.49. The monoisotopic (exact) mass is 436 g/mol. The molecular weight excluding hydrogens is 420 g/mol. The summed E-state index contributed by atoms with van der Waals surface area (Å²) in [6, 6.07) is 14.3. The number of para-hydroxylation sites is 1. The molecule has 0 spiro atoms. The number of nitrogens with one attached hydrogen (secondary N) is 2. The smallest absolute Gasteiger partial charge is 0.276 e. The molecular formula is C18H17ClN4O5S. The van der Waals surface area contributed by atoms with Gasteiger partial charge in [0.2, 0.25) is 10.0 Å². The fraction of sp³-hybridized carbons (Fsp3) is 0.167. The molecule has 0 aliphatic heterocycles. The molecule has 0 radical (unpaired) electrons. The quantitative estimate of drug-likeness (QED) is 0.627. The van der Waals surface area contributed by atoms with Gasteiger partial charge < -0.3 is 4.74 Å². The van der Waals surface area contributed by atoms with E-state index in [1.54, 1.807) is 24.3 Å². The van der Waals surface area contributed by atoms with Crippen molar-refractivity contribution in [3.05, 3.63) is 59.1 Å². The number of carbonyl (C=O) groups excluding carboxylic acids is 2. The summed E-state index contributed by atoms with van der Waals surface area (Å²) < 4.78 is 30.1. The number of nitriles is 1. The summed E-state index contributed by atoms with van der Waals surface area (Å²) >= 11 is 5.87. The normalized spacial score (nSPS) is 10.5. The predicted octanol–water partition coefficient (Wildman–Crippen LogP) is 1.20. The minimum Gasteiger partial charge on any atom is -0.482 e. The van der Waals surface area contributed by atoms with Gasteiger partial charge in [-0.25, -0.2) is 8.42 Å². The molecule has 0 heterocycles. The van der Waals surface area contributed by atoms with E-state index in [1.807, 2.05) is 6.07 Å². The number of hydrazine groups is 1. The van der Waals surface area contributed by atoms with Gasteiger partial charge in [0.1, 0.15) is 18.4 Å². The minimum atomic E-state index is -3.78. The van der Waals surface area contributed by atoms with Crippen molar-refractivity contribution in [2.24, 2.45) is 0 Å². The van der Waals surface area contributed by atoms with Crippen LogP contribution in [0.5, 0.6) is 5.75 Å². The Morgan fingerprint density at radius 1 is 1.14 bits per heavy atom. The fourth-order valence-corrected chi connectivity index (χ4v) is 3.24. The van der Waals surface area contributed by atoms with Gasteiger partial charge in [-0.15, -0.1) is 0 Å². The summed E-state index contributed by atoms with van der Waals surface area (Å²) in [4.78, 5) is 23.9. The lowest BCUT2D eigenvalue weighted by atomic mass is 10.2. The lowest BCUT2D eigenvalue weighted by Gasteiger charge is -2.22. The van der Waals surface area contributed by atoms with Crippen molar-refractivity contribution in [2.75, 3.05) is 23.7 Å². The first-order valence-corrected chi connectivity index (χ1v) is 10.4. The Morgan fingerprint density at radius 2 is 1.83 bits per heavy atom. The zero-order valence-corrected chi connectivity index (χ0v) is 16.8. The molecule has 152 valence electrons. The highest BCUT2D eigenvalue weighted by molar-refractivity contribution is 7.92. The van der Waals surface area contributed by atoms with Crippen molar-refractivity contribution in [1.82, 2.24) is 10.9 Å². The van der Waals surface area contributed by atoms with Gasteiger partial charge >= 0.3 is 0 Å². The number of hydrogen-bond acceptors (Lipinski definition) is 6. The van der Waals surface area contributed by atoms with Crippen LogP contribution in [-0.4, -0.2) is 39.6 Å². The van der Waals surface area contributed by atoms with Crippen LogP contribution < -0.4 is 19.9 Å². The molecule has 2 rings (SSSR count). The van der Waals surface area contributed by atoms with Crippen LogP contribution in [0, 0.1) is 11.3 Å². The molecule has 0 aromatic heterocycles. The Hall–Kier alpha value is -3.29. The second kappa shape index (κ2) is 9.77. The SMILES string of the molecule is CS(=O)(=O)N(CC(=O)NNC(=O)COc1ccccc1C#N)c1cccc(Cl)c1. The van der Waals surface area contributed by atoms with Gasteiger partial charge in [0.15, 0.2) is 6.61 Å². The number of ether oxygens (including phenoxy) is 1. The molecule has 2 aromatic carbocycles. The summed E-state index contributed by atoms with van der Waals surface area (Å²) in [6.07, 6.45) is 0.945. The number of nitrogens with zero attached hydrogens (tertiary/aromatic N) is 2. The molecule has 2 amide bonds. The fourth-order valence-electron chi connectivity index (χ4n) is 2.20. The molecule has 0 bridgehead atoms. The largest absolute Gasteiger partial charge is 0.482 e. The molecule has 0 atom stereocenters. The van der Waals surface area contributed by atoms with E-state index in [1.165, 1.54) is 24.3 Å². The van der Waals surface area contributed by atoms with E-state index < -0.39 is 35.0 Å². The van der Waals surface area contributed by atoms with E-state index >= 15 is 0 Å². The first-order chi connectivity index (χ1) is 13.7. The summed E-state index contributed by atoms with van der Waals surface area (Å²) in [6.45, 7) is -1.03. The molecule has 0 fully saturated rings. The Kier molecular flexibility index (Phi) is 7.41. The minimum absolute atomic E-state index is 0.206. The highest BCUT2D eigenvalue weighted by Crippen LogP contribution is 2.21. The number of halogens is 1. The van der Waals surface area contributed by atoms with E-state index in [9.17, 15) is 18.0 Å². The predicted molar refractivity (Wildman–Crippen MR) is 107 cm³/mol. The number of sulfonamides is 1. The Bertz CT molecular complexity index is 1050. The Balaban J connectivity index is 1.92. The van der Waals surface area contributed by atoms with Crippen molar-refractivity contribution in [3.63, 3.8) is 0 Å². The second-order valence-corrected chi connectivity index (χ2v) is 8.09. The van der Waals surface area contributed by atoms with Crippen LogP contribution in [0.25, 0.3) is 0 Å². The first kappa shape index (κ1) is 22.0. The van der Waals surface area contributed by atoms with Crippen LogP contribution in [0.2, 0.25) is 5.02 Å². The van der Waals surface area contributed by atoms with E-state index in [0.717, 1.165) is 10.6 Å². The van der Waals surface area contributed by atoms with Crippen LogP contribution in [-0.2, 0) is 19.6 Å². The number of carbonyl (C=O) groups is 2. The van der Waals surface area contributed by atoms with E-state index in [-0.39, 0.29) is 17.0 Å². The zero-order chi connectivity index (χ0) is 21.4. The van der Waals surface area contributed by atoms with Crippen LogP contribution >= 0.6 is 11.6 Å². The third kappa shape index (κ3) is 6.67. The molecule has 0 aliphatic rings. The third-order valence-corrected chi connectivity index (χ3v) is 4.87. The number of benzene rings is 2. The second-order valence-electron chi connectivity index (χ2n) is 5.74. The first-order valence-electron chi connectivity index (χ1n) is 8.13. The van der Waals surface area contributed by atoms with Gasteiger partial charge in [-0.3, -0.25) is 24.7 Å². The highest BCUT2D eigenvalue weighted by Gasteiger charge is 2.21.